The van der Waals surface area contributed by atoms with Gasteiger partial charge in [-0.3, -0.25) is 37.3 Å². The lowest BCUT2D eigenvalue weighted by Crippen LogP contribution is -2.30. The normalized spacial score (nSPS) is 14.0. The van der Waals surface area contributed by atoms with Crippen molar-refractivity contribution in [2.24, 2.45) is 11.8 Å². The van der Waals surface area contributed by atoms with E-state index in [0.29, 0.717) is 31.6 Å². The van der Waals surface area contributed by atoms with E-state index in [9.17, 15) is 43.2 Å². The highest BCUT2D eigenvalue weighted by Gasteiger charge is 2.30. The van der Waals surface area contributed by atoms with Crippen LogP contribution in [-0.2, 0) is 65.4 Å². The lowest BCUT2D eigenvalue weighted by molar-refractivity contribution is -0.161. The highest BCUT2D eigenvalue weighted by molar-refractivity contribution is 7.47. The molecule has 17 nitrogen and oxygen atoms in total. The molecule has 0 aliphatic heterocycles. The molecule has 0 bridgehead atoms. The van der Waals surface area contributed by atoms with E-state index in [2.05, 4.69) is 41.5 Å². The first-order chi connectivity index (χ1) is 46.9. The van der Waals surface area contributed by atoms with Crippen LogP contribution in [0.4, 0.5) is 0 Å². The van der Waals surface area contributed by atoms with Crippen molar-refractivity contribution in [1.82, 2.24) is 0 Å². The molecule has 0 spiro atoms. The van der Waals surface area contributed by atoms with Gasteiger partial charge in [-0.2, -0.15) is 0 Å². The lowest BCUT2D eigenvalue weighted by Gasteiger charge is -2.21. The van der Waals surface area contributed by atoms with Crippen molar-refractivity contribution in [3.05, 3.63) is 0 Å². The van der Waals surface area contributed by atoms with Gasteiger partial charge >= 0.3 is 39.5 Å². The van der Waals surface area contributed by atoms with Gasteiger partial charge in [-0.1, -0.05) is 356 Å². The minimum atomic E-state index is -4.96. The summed E-state index contributed by atoms with van der Waals surface area (Å²) in [5.41, 5.74) is 0. The van der Waals surface area contributed by atoms with Gasteiger partial charge in [0.2, 0.25) is 0 Å². The highest BCUT2D eigenvalue weighted by Crippen LogP contribution is 2.45. The SMILES string of the molecule is CCCCCCCCCCCCCCCCCCCCCCCC(=O)O[C@H](COC(=O)CCCCCCCCCCCCC(C)C)COP(=O)(O)OC[C@@H](O)COP(=O)(O)OC[C@@H](COC(=O)CCCCCCCCCC(C)C)OC(=O)CCCCCCCCCCCCCCC. The summed E-state index contributed by atoms with van der Waals surface area (Å²) in [7, 11) is -9.91. The number of phosphoric acid groups is 2. The Morgan fingerprint density at radius 1 is 0.278 bits per heavy atom. The molecule has 2 unspecified atom stereocenters. The molecule has 0 saturated heterocycles. The van der Waals surface area contributed by atoms with Crippen LogP contribution in [0.5, 0.6) is 0 Å². The number of aliphatic hydroxyl groups excluding tert-OH is 1. The Morgan fingerprint density at radius 3 is 0.701 bits per heavy atom. The number of hydrogen-bond acceptors (Lipinski definition) is 15. The Labute approximate surface area is 594 Å². The van der Waals surface area contributed by atoms with Crippen LogP contribution in [0.1, 0.15) is 408 Å². The number of phosphoric ester groups is 2. The maximum Gasteiger partial charge on any atom is 0.472 e. The van der Waals surface area contributed by atoms with Gasteiger partial charge in [0, 0.05) is 25.7 Å². The molecule has 0 fully saturated rings. The monoisotopic (exact) mass is 1420 g/mol. The molecule has 0 aromatic heterocycles. The molecule has 0 rings (SSSR count). The van der Waals surface area contributed by atoms with E-state index in [0.717, 1.165) is 102 Å². The van der Waals surface area contributed by atoms with E-state index in [1.165, 1.54) is 218 Å². The molecule has 0 amide bonds. The minimum Gasteiger partial charge on any atom is -0.462 e. The van der Waals surface area contributed by atoms with Gasteiger partial charge in [-0.25, -0.2) is 9.13 Å². The van der Waals surface area contributed by atoms with Crippen LogP contribution in [0, 0.1) is 11.8 Å². The molecule has 576 valence electrons. The van der Waals surface area contributed by atoms with E-state index in [-0.39, 0.29) is 25.7 Å². The summed E-state index contributed by atoms with van der Waals surface area (Å²) < 4.78 is 68.6. The molecule has 0 saturated carbocycles. The van der Waals surface area contributed by atoms with Gasteiger partial charge < -0.3 is 33.8 Å². The van der Waals surface area contributed by atoms with Crippen LogP contribution in [-0.4, -0.2) is 96.7 Å². The number of hydrogen-bond donors (Lipinski definition) is 3. The third-order valence-electron chi connectivity index (χ3n) is 18.2. The molecule has 0 aliphatic carbocycles. The summed E-state index contributed by atoms with van der Waals surface area (Å²) in [6.07, 6.45) is 58.4. The van der Waals surface area contributed by atoms with Crippen molar-refractivity contribution < 1.29 is 80.2 Å². The Kier molecular flexibility index (Phi) is 68.4. The van der Waals surface area contributed by atoms with Gasteiger partial charge in [-0.05, 0) is 37.5 Å². The van der Waals surface area contributed by atoms with Gasteiger partial charge in [0.25, 0.3) is 0 Å². The first kappa shape index (κ1) is 95.1. The second-order valence-electron chi connectivity index (χ2n) is 29.1. The largest absolute Gasteiger partial charge is 0.472 e. The smallest absolute Gasteiger partial charge is 0.462 e. The van der Waals surface area contributed by atoms with E-state index in [1.807, 2.05) is 0 Å². The van der Waals surface area contributed by atoms with Crippen molar-refractivity contribution in [2.45, 2.75) is 426 Å². The number of unbranched alkanes of at least 4 members (excludes halogenated alkanes) is 47. The molecular formula is C78H152O17P2. The Bertz CT molecular complexity index is 1870. The molecule has 0 aliphatic rings. The molecule has 0 aromatic carbocycles. The van der Waals surface area contributed by atoms with Crippen molar-refractivity contribution in [1.29, 1.82) is 0 Å². The van der Waals surface area contributed by atoms with Crippen molar-refractivity contribution in [2.75, 3.05) is 39.6 Å². The second-order valence-corrected chi connectivity index (χ2v) is 32.0. The molecule has 0 heterocycles. The zero-order valence-corrected chi connectivity index (χ0v) is 65.2. The fourth-order valence-corrected chi connectivity index (χ4v) is 13.6. The predicted octanol–water partition coefficient (Wildman–Crippen LogP) is 23.1. The maximum absolute atomic E-state index is 13.1. The van der Waals surface area contributed by atoms with E-state index in [1.54, 1.807) is 0 Å². The van der Waals surface area contributed by atoms with E-state index < -0.39 is 97.5 Å². The third kappa shape index (κ3) is 72.2. The minimum absolute atomic E-state index is 0.107. The molecule has 0 aromatic rings. The predicted molar refractivity (Wildman–Crippen MR) is 395 cm³/mol. The Morgan fingerprint density at radius 2 is 0.474 bits per heavy atom. The van der Waals surface area contributed by atoms with Crippen molar-refractivity contribution >= 4 is 39.5 Å². The number of carbonyl (C=O) groups is 4. The summed E-state index contributed by atoms with van der Waals surface area (Å²) in [5, 5.41) is 10.6. The fourth-order valence-electron chi connectivity index (χ4n) is 12.0. The number of carbonyl (C=O) groups excluding carboxylic acids is 4. The highest BCUT2D eigenvalue weighted by atomic mass is 31.2. The summed E-state index contributed by atoms with van der Waals surface area (Å²) in [6, 6.07) is 0. The molecular weight excluding hydrogens is 1270 g/mol. The Balaban J connectivity index is 5.20. The van der Waals surface area contributed by atoms with Crippen LogP contribution in [0.15, 0.2) is 0 Å². The maximum atomic E-state index is 13.1. The topological polar surface area (TPSA) is 237 Å². The second kappa shape index (κ2) is 69.8. The molecule has 97 heavy (non-hydrogen) atoms. The Hall–Kier alpha value is -1.94. The number of esters is 4. The standard InChI is InChI=1S/C78H152O17P2/c1-7-9-11-13-15-17-19-21-22-23-24-25-26-27-28-30-32-38-44-51-57-63-78(83)94-73(66-88-75(80)60-54-48-42-36-34-33-35-40-46-52-58-70(3)4)68-92-96(84,85)90-64-72(79)65-91-97(86,87)93-69-74(67-89-76(81)61-55-49-45-39-41-47-53-59-71(5)6)95-77(82)62-56-50-43-37-31-29-20-18-16-14-12-10-8-2/h70-74,79H,7-69H2,1-6H3,(H,84,85)(H,86,87)/t72-,73-,74-/m1/s1. The number of rotatable bonds is 77. The molecule has 5 atom stereocenters. The zero-order valence-electron chi connectivity index (χ0n) is 63.4. The van der Waals surface area contributed by atoms with E-state index in [4.69, 9.17) is 37.0 Å². The van der Waals surface area contributed by atoms with Crippen molar-refractivity contribution in [3.63, 3.8) is 0 Å². The number of ether oxygens (including phenoxy) is 4. The molecule has 19 heteroatoms. The van der Waals surface area contributed by atoms with Crippen LogP contribution in [0.2, 0.25) is 0 Å². The van der Waals surface area contributed by atoms with Crippen LogP contribution < -0.4 is 0 Å². The van der Waals surface area contributed by atoms with Gasteiger partial charge in [0.05, 0.1) is 26.4 Å². The summed E-state index contributed by atoms with van der Waals surface area (Å²) >= 11 is 0. The molecule has 3 N–H and O–H groups in total. The van der Waals surface area contributed by atoms with Gasteiger partial charge in [-0.15, -0.1) is 0 Å². The van der Waals surface area contributed by atoms with Crippen LogP contribution in [0.25, 0.3) is 0 Å². The lowest BCUT2D eigenvalue weighted by atomic mass is 10.0. The average Bonchev–Trinajstić information content (AvgIpc) is 1.83. The van der Waals surface area contributed by atoms with Crippen LogP contribution in [0.3, 0.4) is 0 Å². The third-order valence-corrected chi connectivity index (χ3v) is 20.1. The first-order valence-electron chi connectivity index (χ1n) is 40.5. The quantitative estimate of drug-likeness (QED) is 0.0222. The molecule has 0 radical (unpaired) electrons. The van der Waals surface area contributed by atoms with Crippen LogP contribution >= 0.6 is 15.6 Å². The van der Waals surface area contributed by atoms with Gasteiger partial charge in [0.1, 0.15) is 19.3 Å². The van der Waals surface area contributed by atoms with E-state index >= 15 is 0 Å². The average molecular weight is 1420 g/mol. The van der Waals surface area contributed by atoms with Crippen molar-refractivity contribution in [3.8, 4) is 0 Å². The number of aliphatic hydroxyl groups is 1. The summed E-state index contributed by atoms with van der Waals surface area (Å²) in [4.78, 5) is 72.8. The summed E-state index contributed by atoms with van der Waals surface area (Å²) in [5.74, 6) is -0.651. The fraction of sp³-hybridized carbons (Fsp3) is 0.949. The zero-order chi connectivity index (χ0) is 71.4. The first-order valence-corrected chi connectivity index (χ1v) is 43.5. The van der Waals surface area contributed by atoms with Gasteiger partial charge in [0.15, 0.2) is 12.2 Å². The summed E-state index contributed by atoms with van der Waals surface area (Å²) in [6.45, 7) is 9.55.